The Balaban J connectivity index is 1.89. The van der Waals surface area contributed by atoms with Gasteiger partial charge in [0.2, 0.25) is 0 Å². The average Bonchev–Trinajstić information content (AvgIpc) is 3.11. The van der Waals surface area contributed by atoms with E-state index in [2.05, 4.69) is 22.6 Å². The van der Waals surface area contributed by atoms with E-state index in [1.807, 2.05) is 18.9 Å². The minimum atomic E-state index is 0.113. The second-order valence-electron chi connectivity index (χ2n) is 4.94. The van der Waals surface area contributed by atoms with Crippen LogP contribution >= 0.6 is 11.3 Å². The quantitative estimate of drug-likeness (QED) is 0.845. The lowest BCUT2D eigenvalue weighted by atomic mass is 10.1. The van der Waals surface area contributed by atoms with Crippen molar-refractivity contribution < 1.29 is 4.79 Å². The maximum Gasteiger partial charge on any atom is 0.257 e. The zero-order valence-corrected chi connectivity index (χ0v) is 12.0. The van der Waals surface area contributed by atoms with Crippen molar-refractivity contribution in [2.24, 2.45) is 7.05 Å². The molecule has 3 heterocycles. The lowest BCUT2D eigenvalue weighted by Crippen LogP contribution is -2.30. The van der Waals surface area contributed by atoms with Crippen molar-refractivity contribution >= 4 is 17.2 Å². The first-order chi connectivity index (χ1) is 9.18. The molecule has 0 aromatic carbocycles. The molecule has 1 amide bonds. The summed E-state index contributed by atoms with van der Waals surface area (Å²) in [5.74, 6) is 0.113. The van der Waals surface area contributed by atoms with Gasteiger partial charge in [0.1, 0.15) is 0 Å². The van der Waals surface area contributed by atoms with Crippen LogP contribution in [-0.4, -0.2) is 27.1 Å². The van der Waals surface area contributed by atoms with Crippen molar-refractivity contribution in [3.05, 3.63) is 39.8 Å². The van der Waals surface area contributed by atoms with Crippen molar-refractivity contribution in [1.82, 2.24) is 14.7 Å². The fourth-order valence-electron chi connectivity index (χ4n) is 2.65. The summed E-state index contributed by atoms with van der Waals surface area (Å²) in [7, 11) is 1.87. The van der Waals surface area contributed by atoms with Crippen LogP contribution in [0.25, 0.3) is 0 Å². The Morgan fingerprint density at radius 2 is 2.37 bits per heavy atom. The number of nitrogens with zero attached hydrogens (tertiary/aromatic N) is 3. The number of likely N-dealkylation sites (tertiary alicyclic amines) is 1. The molecular weight excluding hydrogens is 258 g/mol. The standard InChI is InChI=1S/C14H17N3OS/c1-10-11(9-15-16(10)2)14(18)17-7-3-5-12(17)13-6-4-8-19-13/h4,6,8-9,12H,3,5,7H2,1-2H3. The monoisotopic (exact) mass is 275 g/mol. The molecule has 1 fully saturated rings. The molecule has 0 radical (unpaired) electrons. The fourth-order valence-corrected chi connectivity index (χ4v) is 3.52. The van der Waals surface area contributed by atoms with Crippen LogP contribution in [0.1, 0.15) is 39.8 Å². The van der Waals surface area contributed by atoms with Crippen LogP contribution in [0, 0.1) is 6.92 Å². The van der Waals surface area contributed by atoms with Gasteiger partial charge in [-0.2, -0.15) is 5.10 Å². The highest BCUT2D eigenvalue weighted by Gasteiger charge is 2.32. The number of aryl methyl sites for hydroxylation is 1. The van der Waals surface area contributed by atoms with E-state index in [9.17, 15) is 4.79 Å². The number of hydrogen-bond acceptors (Lipinski definition) is 3. The second kappa shape index (κ2) is 4.81. The van der Waals surface area contributed by atoms with Crippen LogP contribution in [0.4, 0.5) is 0 Å². The van der Waals surface area contributed by atoms with Gasteiger partial charge in [0, 0.05) is 24.2 Å². The van der Waals surface area contributed by atoms with E-state index in [-0.39, 0.29) is 11.9 Å². The molecule has 1 saturated heterocycles. The first-order valence-corrected chi connectivity index (χ1v) is 7.39. The molecule has 100 valence electrons. The van der Waals surface area contributed by atoms with E-state index in [0.717, 1.165) is 30.6 Å². The lowest BCUT2D eigenvalue weighted by Gasteiger charge is -2.23. The highest BCUT2D eigenvalue weighted by Crippen LogP contribution is 2.35. The summed E-state index contributed by atoms with van der Waals surface area (Å²) in [6.07, 6.45) is 3.82. The number of aromatic nitrogens is 2. The number of hydrogen-bond donors (Lipinski definition) is 0. The van der Waals surface area contributed by atoms with Crippen molar-refractivity contribution in [2.75, 3.05) is 6.54 Å². The van der Waals surface area contributed by atoms with Gasteiger partial charge in [0.15, 0.2) is 0 Å². The van der Waals surface area contributed by atoms with Crippen LogP contribution < -0.4 is 0 Å². The largest absolute Gasteiger partial charge is 0.331 e. The van der Waals surface area contributed by atoms with Crippen LogP contribution in [0.15, 0.2) is 23.7 Å². The van der Waals surface area contributed by atoms with Crippen molar-refractivity contribution in [3.63, 3.8) is 0 Å². The van der Waals surface area contributed by atoms with E-state index >= 15 is 0 Å². The minimum absolute atomic E-state index is 0.113. The third-order valence-corrected chi connectivity index (χ3v) is 4.82. The van der Waals surface area contributed by atoms with E-state index in [1.165, 1.54) is 4.88 Å². The fraction of sp³-hybridized carbons (Fsp3) is 0.429. The molecule has 1 aliphatic heterocycles. The predicted molar refractivity (Wildman–Crippen MR) is 75.3 cm³/mol. The number of amides is 1. The van der Waals surface area contributed by atoms with Gasteiger partial charge >= 0.3 is 0 Å². The van der Waals surface area contributed by atoms with E-state index in [1.54, 1.807) is 22.2 Å². The van der Waals surface area contributed by atoms with E-state index < -0.39 is 0 Å². The van der Waals surface area contributed by atoms with Gasteiger partial charge in [-0.05, 0) is 31.2 Å². The Bertz CT molecular complexity index is 588. The maximum atomic E-state index is 12.7. The minimum Gasteiger partial charge on any atom is -0.331 e. The zero-order chi connectivity index (χ0) is 13.4. The number of carbonyl (C=O) groups is 1. The Kier molecular flexibility index (Phi) is 3.14. The molecule has 1 unspecified atom stereocenters. The summed E-state index contributed by atoms with van der Waals surface area (Å²) in [6.45, 7) is 2.78. The summed E-state index contributed by atoms with van der Waals surface area (Å²) in [5, 5.41) is 6.24. The normalized spacial score (nSPS) is 19.1. The number of carbonyl (C=O) groups excluding carboxylic acids is 1. The predicted octanol–water partition coefficient (Wildman–Crippen LogP) is 2.77. The number of rotatable bonds is 2. The summed E-state index contributed by atoms with van der Waals surface area (Å²) in [4.78, 5) is 15.9. The van der Waals surface area contributed by atoms with Crippen LogP contribution in [0.2, 0.25) is 0 Å². The summed E-state index contributed by atoms with van der Waals surface area (Å²) in [6, 6.07) is 4.42. The van der Waals surface area contributed by atoms with Gasteiger partial charge in [-0.1, -0.05) is 6.07 Å². The molecule has 4 nitrogen and oxygen atoms in total. The van der Waals surface area contributed by atoms with Gasteiger partial charge in [-0.25, -0.2) is 0 Å². The smallest absolute Gasteiger partial charge is 0.257 e. The zero-order valence-electron chi connectivity index (χ0n) is 11.2. The van der Waals surface area contributed by atoms with Crippen LogP contribution in [-0.2, 0) is 7.05 Å². The highest BCUT2D eigenvalue weighted by atomic mass is 32.1. The Morgan fingerprint density at radius 1 is 1.53 bits per heavy atom. The third-order valence-electron chi connectivity index (χ3n) is 3.85. The van der Waals surface area contributed by atoms with Gasteiger partial charge in [0.25, 0.3) is 5.91 Å². The lowest BCUT2D eigenvalue weighted by molar-refractivity contribution is 0.0737. The van der Waals surface area contributed by atoms with Crippen molar-refractivity contribution in [2.45, 2.75) is 25.8 Å². The molecule has 0 N–H and O–H groups in total. The first kappa shape index (κ1) is 12.4. The molecule has 3 rings (SSSR count). The Hall–Kier alpha value is -1.62. The Labute approximate surface area is 116 Å². The first-order valence-electron chi connectivity index (χ1n) is 6.51. The topological polar surface area (TPSA) is 38.1 Å². The summed E-state index contributed by atoms with van der Waals surface area (Å²) in [5.41, 5.74) is 1.66. The molecule has 2 aromatic rings. The van der Waals surface area contributed by atoms with Crippen LogP contribution in [0.3, 0.4) is 0 Å². The van der Waals surface area contributed by atoms with Crippen molar-refractivity contribution in [3.8, 4) is 0 Å². The van der Waals surface area contributed by atoms with Crippen LogP contribution in [0.5, 0.6) is 0 Å². The average molecular weight is 275 g/mol. The molecule has 19 heavy (non-hydrogen) atoms. The number of thiophene rings is 1. The van der Waals surface area contributed by atoms with Gasteiger partial charge in [0.05, 0.1) is 17.8 Å². The molecule has 0 bridgehead atoms. The molecule has 5 heteroatoms. The third kappa shape index (κ3) is 2.08. The molecule has 1 aliphatic rings. The van der Waals surface area contributed by atoms with Gasteiger partial charge in [-0.15, -0.1) is 11.3 Å². The molecule has 2 aromatic heterocycles. The summed E-state index contributed by atoms with van der Waals surface area (Å²) < 4.78 is 1.75. The van der Waals surface area contributed by atoms with E-state index in [0.29, 0.717) is 0 Å². The SMILES string of the molecule is Cc1c(C(=O)N2CCCC2c2cccs2)cnn1C. The Morgan fingerprint density at radius 3 is 3.00 bits per heavy atom. The van der Waals surface area contributed by atoms with Gasteiger partial charge in [-0.3, -0.25) is 9.48 Å². The maximum absolute atomic E-state index is 12.7. The second-order valence-corrected chi connectivity index (χ2v) is 5.92. The van der Waals surface area contributed by atoms with E-state index in [4.69, 9.17) is 0 Å². The molecule has 0 spiro atoms. The molecule has 0 aliphatic carbocycles. The molecular formula is C14H17N3OS. The van der Waals surface area contributed by atoms with Crippen molar-refractivity contribution in [1.29, 1.82) is 0 Å². The molecule has 0 saturated carbocycles. The summed E-state index contributed by atoms with van der Waals surface area (Å²) >= 11 is 1.73. The highest BCUT2D eigenvalue weighted by molar-refractivity contribution is 7.10. The van der Waals surface area contributed by atoms with Gasteiger partial charge < -0.3 is 4.90 Å². The molecule has 1 atom stereocenters.